The van der Waals surface area contributed by atoms with Gasteiger partial charge in [0.25, 0.3) is 0 Å². The Morgan fingerprint density at radius 2 is 2.43 bits per heavy atom. The van der Waals surface area contributed by atoms with Gasteiger partial charge in [0.2, 0.25) is 5.82 Å². The van der Waals surface area contributed by atoms with Gasteiger partial charge in [-0.05, 0) is 32.4 Å². The van der Waals surface area contributed by atoms with Crippen molar-refractivity contribution in [2.24, 2.45) is 0 Å². The maximum atomic E-state index is 11.4. The summed E-state index contributed by atoms with van der Waals surface area (Å²) in [6.07, 6.45) is 3.86. The Morgan fingerprint density at radius 1 is 1.62 bits per heavy atom. The van der Waals surface area contributed by atoms with E-state index in [1.807, 2.05) is 4.90 Å². The summed E-state index contributed by atoms with van der Waals surface area (Å²) in [4.78, 5) is 17.2. The smallest absolute Gasteiger partial charge is 0.314 e. The van der Waals surface area contributed by atoms with Crippen molar-refractivity contribution < 1.29 is 9.66 Å². The van der Waals surface area contributed by atoms with E-state index in [2.05, 4.69) is 10.3 Å². The monoisotopic (exact) mass is 294 g/mol. The Bertz CT molecular complexity index is 489. The number of nitrogens with zero attached hydrogens (tertiary/aromatic N) is 3. The molecular formula is C14H22N4O3. The van der Waals surface area contributed by atoms with Gasteiger partial charge >= 0.3 is 5.69 Å². The maximum Gasteiger partial charge on any atom is 0.314 e. The van der Waals surface area contributed by atoms with Gasteiger partial charge in [-0.2, -0.15) is 0 Å². The molecule has 1 fully saturated rings. The van der Waals surface area contributed by atoms with Crippen LogP contribution in [0.3, 0.4) is 0 Å². The summed E-state index contributed by atoms with van der Waals surface area (Å²) < 4.78 is 5.13. The molecule has 0 aliphatic carbocycles. The molecule has 0 spiro atoms. The van der Waals surface area contributed by atoms with Gasteiger partial charge in [-0.3, -0.25) is 10.1 Å². The molecule has 7 nitrogen and oxygen atoms in total. The number of rotatable bonds is 7. The van der Waals surface area contributed by atoms with Gasteiger partial charge in [-0.15, -0.1) is 0 Å². The molecule has 0 aromatic carbocycles. The van der Waals surface area contributed by atoms with Crippen molar-refractivity contribution in [3.63, 3.8) is 0 Å². The average molecular weight is 294 g/mol. The van der Waals surface area contributed by atoms with E-state index in [1.54, 1.807) is 26.3 Å². The van der Waals surface area contributed by atoms with Crippen LogP contribution in [0.1, 0.15) is 18.4 Å². The lowest BCUT2D eigenvalue weighted by Crippen LogP contribution is -2.40. The molecule has 0 saturated carbocycles. The Morgan fingerprint density at radius 3 is 3.05 bits per heavy atom. The van der Waals surface area contributed by atoms with Gasteiger partial charge in [0, 0.05) is 38.0 Å². The van der Waals surface area contributed by atoms with Gasteiger partial charge in [0.05, 0.1) is 11.5 Å². The maximum absolute atomic E-state index is 11.4. The number of nitrogens with one attached hydrogen (secondary N) is 1. The second-order valence-corrected chi connectivity index (χ2v) is 5.29. The largest absolute Gasteiger partial charge is 0.383 e. The Labute approximate surface area is 124 Å². The Kier molecular flexibility index (Phi) is 5.46. The van der Waals surface area contributed by atoms with Crippen LogP contribution in [0.25, 0.3) is 0 Å². The third kappa shape index (κ3) is 3.89. The highest BCUT2D eigenvalue weighted by atomic mass is 16.6. The molecule has 0 radical (unpaired) electrons. The summed E-state index contributed by atoms with van der Waals surface area (Å²) in [6.45, 7) is 4.56. The molecule has 1 unspecified atom stereocenters. The van der Waals surface area contributed by atoms with E-state index in [0.717, 1.165) is 19.4 Å². The molecule has 2 heterocycles. The van der Waals surface area contributed by atoms with Crippen LogP contribution in [0.2, 0.25) is 0 Å². The van der Waals surface area contributed by atoms with Crippen LogP contribution in [-0.4, -0.2) is 49.3 Å². The predicted octanol–water partition coefficient (Wildman–Crippen LogP) is 1.50. The Balaban J connectivity index is 2.26. The minimum Gasteiger partial charge on any atom is -0.383 e. The van der Waals surface area contributed by atoms with Crippen LogP contribution in [0.5, 0.6) is 0 Å². The van der Waals surface area contributed by atoms with E-state index in [4.69, 9.17) is 4.74 Å². The highest BCUT2D eigenvalue weighted by Crippen LogP contribution is 2.29. The van der Waals surface area contributed by atoms with Crippen molar-refractivity contribution in [2.45, 2.75) is 25.8 Å². The average Bonchev–Trinajstić information content (AvgIpc) is 2.95. The quantitative estimate of drug-likeness (QED) is 0.606. The van der Waals surface area contributed by atoms with Crippen LogP contribution in [0.15, 0.2) is 12.3 Å². The highest BCUT2D eigenvalue weighted by Gasteiger charge is 2.26. The second kappa shape index (κ2) is 7.33. The van der Waals surface area contributed by atoms with Crippen molar-refractivity contribution in [3.05, 3.63) is 27.9 Å². The first-order chi connectivity index (χ1) is 10.1. The minimum absolute atomic E-state index is 0.0894. The van der Waals surface area contributed by atoms with Crippen molar-refractivity contribution in [3.8, 4) is 0 Å². The first-order valence-corrected chi connectivity index (χ1v) is 7.20. The molecule has 1 atom stereocenters. The summed E-state index contributed by atoms with van der Waals surface area (Å²) in [7, 11) is 1.63. The van der Waals surface area contributed by atoms with Crippen molar-refractivity contribution in [2.75, 3.05) is 38.3 Å². The SMILES string of the molecule is COCCN(CC1CCCN1)c1nccc(C)c1[N+](=O)[O-]. The number of ether oxygens (including phenoxy) is 1. The molecule has 1 saturated heterocycles. The van der Waals surface area contributed by atoms with Crippen LogP contribution in [0, 0.1) is 17.0 Å². The number of methoxy groups -OCH3 is 1. The first kappa shape index (κ1) is 15.7. The van der Waals surface area contributed by atoms with E-state index in [9.17, 15) is 10.1 Å². The number of hydrogen-bond donors (Lipinski definition) is 1. The normalized spacial score (nSPS) is 17.9. The summed E-state index contributed by atoms with van der Waals surface area (Å²) in [5.74, 6) is 0.436. The molecular weight excluding hydrogens is 272 g/mol. The summed E-state index contributed by atoms with van der Waals surface area (Å²) >= 11 is 0. The lowest BCUT2D eigenvalue weighted by Gasteiger charge is -2.26. The lowest BCUT2D eigenvalue weighted by atomic mass is 10.2. The fourth-order valence-electron chi connectivity index (χ4n) is 2.66. The molecule has 1 N–H and O–H groups in total. The number of aromatic nitrogens is 1. The van der Waals surface area contributed by atoms with Gasteiger partial charge in [0.15, 0.2) is 0 Å². The molecule has 1 aromatic rings. The third-order valence-electron chi connectivity index (χ3n) is 3.76. The molecule has 1 aromatic heterocycles. The Hall–Kier alpha value is -1.73. The molecule has 7 heteroatoms. The zero-order valence-corrected chi connectivity index (χ0v) is 12.5. The molecule has 2 rings (SSSR count). The van der Waals surface area contributed by atoms with Gasteiger partial charge < -0.3 is 15.0 Å². The molecule has 1 aliphatic rings. The van der Waals surface area contributed by atoms with Crippen molar-refractivity contribution in [1.29, 1.82) is 0 Å². The number of hydrogen-bond acceptors (Lipinski definition) is 6. The number of pyridine rings is 1. The predicted molar refractivity (Wildman–Crippen MR) is 80.7 cm³/mol. The summed E-state index contributed by atoms with van der Waals surface area (Å²) in [5, 5.41) is 14.8. The minimum atomic E-state index is -0.348. The molecule has 1 aliphatic heterocycles. The zero-order chi connectivity index (χ0) is 15.2. The van der Waals surface area contributed by atoms with E-state index >= 15 is 0 Å². The van der Waals surface area contributed by atoms with Crippen LogP contribution in [0.4, 0.5) is 11.5 Å². The van der Waals surface area contributed by atoms with Crippen LogP contribution in [-0.2, 0) is 4.74 Å². The number of nitro groups is 1. The van der Waals surface area contributed by atoms with Gasteiger partial charge in [0.1, 0.15) is 0 Å². The van der Waals surface area contributed by atoms with E-state index in [-0.39, 0.29) is 10.6 Å². The number of anilines is 1. The topological polar surface area (TPSA) is 80.5 Å². The van der Waals surface area contributed by atoms with Crippen LogP contribution >= 0.6 is 0 Å². The molecule has 0 bridgehead atoms. The van der Waals surface area contributed by atoms with Crippen LogP contribution < -0.4 is 10.2 Å². The summed E-state index contributed by atoms with van der Waals surface area (Å²) in [5.41, 5.74) is 0.721. The van der Waals surface area contributed by atoms with E-state index in [0.29, 0.717) is 37.1 Å². The van der Waals surface area contributed by atoms with Gasteiger partial charge in [-0.25, -0.2) is 4.98 Å². The van der Waals surface area contributed by atoms with Gasteiger partial charge in [-0.1, -0.05) is 0 Å². The molecule has 0 amide bonds. The fraction of sp³-hybridized carbons (Fsp3) is 0.643. The first-order valence-electron chi connectivity index (χ1n) is 7.20. The second-order valence-electron chi connectivity index (χ2n) is 5.29. The van der Waals surface area contributed by atoms with E-state index in [1.165, 1.54) is 0 Å². The molecule has 116 valence electrons. The molecule has 21 heavy (non-hydrogen) atoms. The van der Waals surface area contributed by atoms with Crippen molar-refractivity contribution >= 4 is 11.5 Å². The highest BCUT2D eigenvalue weighted by molar-refractivity contribution is 5.61. The number of aryl methyl sites for hydroxylation is 1. The lowest BCUT2D eigenvalue weighted by molar-refractivity contribution is -0.384. The standard InChI is InChI=1S/C14H22N4O3/c1-11-5-7-16-14(13(11)18(19)20)17(8-9-21-2)10-12-4-3-6-15-12/h5,7,12,15H,3-4,6,8-10H2,1-2H3. The van der Waals surface area contributed by atoms with E-state index < -0.39 is 0 Å². The summed E-state index contributed by atoms with van der Waals surface area (Å²) in [6, 6.07) is 2.02. The van der Waals surface area contributed by atoms with Crippen molar-refractivity contribution in [1.82, 2.24) is 10.3 Å². The third-order valence-corrected chi connectivity index (χ3v) is 3.76. The fourth-order valence-corrected chi connectivity index (χ4v) is 2.66. The zero-order valence-electron chi connectivity index (χ0n) is 12.5.